The van der Waals surface area contributed by atoms with Gasteiger partial charge in [0, 0.05) is 24.1 Å². The Balaban J connectivity index is 2.35. The molecule has 1 fully saturated rings. The zero-order valence-corrected chi connectivity index (χ0v) is 11.8. The van der Waals surface area contributed by atoms with Crippen molar-refractivity contribution >= 4 is 0 Å². The van der Waals surface area contributed by atoms with Crippen LogP contribution in [0.25, 0.3) is 0 Å². The van der Waals surface area contributed by atoms with Gasteiger partial charge in [0.25, 0.3) is 0 Å². The van der Waals surface area contributed by atoms with Crippen molar-refractivity contribution in [2.45, 2.75) is 32.4 Å². The molecule has 19 heavy (non-hydrogen) atoms. The van der Waals surface area contributed by atoms with Gasteiger partial charge in [0.15, 0.2) is 0 Å². The van der Waals surface area contributed by atoms with Crippen LogP contribution in [0.2, 0.25) is 0 Å². The third kappa shape index (κ3) is 3.07. The zero-order chi connectivity index (χ0) is 13.8. The van der Waals surface area contributed by atoms with Crippen LogP contribution in [0.5, 0.6) is 5.75 Å². The number of benzene rings is 1. The zero-order valence-electron chi connectivity index (χ0n) is 11.8. The van der Waals surface area contributed by atoms with E-state index in [4.69, 9.17) is 9.47 Å². The normalized spacial score (nSPS) is 24.4. The van der Waals surface area contributed by atoms with Crippen LogP contribution in [0, 0.1) is 11.7 Å². The van der Waals surface area contributed by atoms with E-state index in [0.29, 0.717) is 5.92 Å². The van der Waals surface area contributed by atoms with Crippen molar-refractivity contribution in [2.24, 2.45) is 5.92 Å². The summed E-state index contributed by atoms with van der Waals surface area (Å²) in [5.74, 6) is 0.840. The minimum absolute atomic E-state index is 0.0631. The van der Waals surface area contributed by atoms with Gasteiger partial charge >= 0.3 is 0 Å². The highest BCUT2D eigenvalue weighted by atomic mass is 19.1. The van der Waals surface area contributed by atoms with E-state index >= 15 is 0 Å². The molecule has 0 radical (unpaired) electrons. The number of rotatable bonds is 5. The van der Waals surface area contributed by atoms with Crippen molar-refractivity contribution in [3.8, 4) is 5.75 Å². The van der Waals surface area contributed by atoms with Crippen molar-refractivity contribution in [1.82, 2.24) is 5.32 Å². The first-order valence-corrected chi connectivity index (χ1v) is 6.85. The van der Waals surface area contributed by atoms with E-state index in [-0.39, 0.29) is 18.0 Å². The molecule has 106 valence electrons. The van der Waals surface area contributed by atoms with E-state index in [2.05, 4.69) is 19.2 Å². The maximum absolute atomic E-state index is 13.6. The Morgan fingerprint density at radius 1 is 1.53 bits per heavy atom. The van der Waals surface area contributed by atoms with Crippen molar-refractivity contribution in [3.05, 3.63) is 29.6 Å². The van der Waals surface area contributed by atoms with Gasteiger partial charge in [0.2, 0.25) is 0 Å². The molecule has 3 nitrogen and oxygen atoms in total. The lowest BCUT2D eigenvalue weighted by Gasteiger charge is -2.28. The smallest absolute Gasteiger partial charge is 0.123 e. The number of nitrogens with one attached hydrogen (secondary N) is 1. The SMILES string of the molecule is CCNC(c1cc(F)ccc1OC)C1CCOC1C. The second kappa shape index (κ2) is 6.35. The van der Waals surface area contributed by atoms with Gasteiger partial charge in [-0.2, -0.15) is 0 Å². The molecule has 3 unspecified atom stereocenters. The van der Waals surface area contributed by atoms with Gasteiger partial charge in [-0.25, -0.2) is 4.39 Å². The van der Waals surface area contributed by atoms with Gasteiger partial charge < -0.3 is 14.8 Å². The molecule has 0 saturated carbocycles. The van der Waals surface area contributed by atoms with Gasteiger partial charge in [-0.3, -0.25) is 0 Å². The molecule has 1 aromatic rings. The predicted octanol–water partition coefficient (Wildman–Crippen LogP) is 2.91. The largest absolute Gasteiger partial charge is 0.496 e. The second-order valence-electron chi connectivity index (χ2n) is 4.95. The van der Waals surface area contributed by atoms with Crippen molar-refractivity contribution in [3.63, 3.8) is 0 Å². The van der Waals surface area contributed by atoms with Gasteiger partial charge in [-0.1, -0.05) is 6.92 Å². The van der Waals surface area contributed by atoms with E-state index in [0.717, 1.165) is 30.9 Å². The molecule has 0 bridgehead atoms. The van der Waals surface area contributed by atoms with Gasteiger partial charge in [0.1, 0.15) is 11.6 Å². The van der Waals surface area contributed by atoms with Gasteiger partial charge in [-0.05, 0) is 38.1 Å². The minimum atomic E-state index is -0.231. The molecule has 1 aromatic carbocycles. The van der Waals surface area contributed by atoms with Crippen LogP contribution < -0.4 is 10.1 Å². The molecule has 0 aliphatic carbocycles. The Kier molecular flexibility index (Phi) is 4.77. The fourth-order valence-corrected chi connectivity index (χ4v) is 2.85. The summed E-state index contributed by atoms with van der Waals surface area (Å²) in [6.07, 6.45) is 1.16. The monoisotopic (exact) mass is 267 g/mol. The summed E-state index contributed by atoms with van der Waals surface area (Å²) in [7, 11) is 1.62. The molecule has 1 aliphatic rings. The number of ether oxygens (including phenoxy) is 2. The number of methoxy groups -OCH3 is 1. The highest BCUT2D eigenvalue weighted by molar-refractivity contribution is 5.37. The molecule has 3 atom stereocenters. The average molecular weight is 267 g/mol. The summed E-state index contributed by atoms with van der Waals surface area (Å²) in [6.45, 7) is 5.73. The lowest BCUT2D eigenvalue weighted by Crippen LogP contribution is -2.32. The highest BCUT2D eigenvalue weighted by Crippen LogP contribution is 2.37. The van der Waals surface area contributed by atoms with Crippen molar-refractivity contribution < 1.29 is 13.9 Å². The molecule has 0 amide bonds. The summed E-state index contributed by atoms with van der Waals surface area (Å²) >= 11 is 0. The second-order valence-corrected chi connectivity index (χ2v) is 4.95. The molecule has 1 N–H and O–H groups in total. The molecule has 1 saturated heterocycles. The Labute approximate surface area is 114 Å². The fourth-order valence-electron chi connectivity index (χ4n) is 2.85. The first kappa shape index (κ1) is 14.3. The third-order valence-electron chi connectivity index (χ3n) is 3.81. The molecule has 4 heteroatoms. The van der Waals surface area contributed by atoms with E-state index < -0.39 is 0 Å². The van der Waals surface area contributed by atoms with Crippen LogP contribution >= 0.6 is 0 Å². The van der Waals surface area contributed by atoms with Crippen LogP contribution in [0.3, 0.4) is 0 Å². The number of halogens is 1. The molecule has 0 spiro atoms. The lowest BCUT2D eigenvalue weighted by atomic mass is 9.87. The van der Waals surface area contributed by atoms with E-state index in [9.17, 15) is 4.39 Å². The quantitative estimate of drug-likeness (QED) is 0.889. The van der Waals surface area contributed by atoms with Gasteiger partial charge in [-0.15, -0.1) is 0 Å². The summed E-state index contributed by atoms with van der Waals surface area (Å²) in [5.41, 5.74) is 0.881. The minimum Gasteiger partial charge on any atom is -0.496 e. The van der Waals surface area contributed by atoms with E-state index in [1.807, 2.05) is 0 Å². The number of hydrogen-bond acceptors (Lipinski definition) is 3. The van der Waals surface area contributed by atoms with Crippen LogP contribution in [-0.4, -0.2) is 26.4 Å². The Morgan fingerprint density at radius 3 is 2.89 bits per heavy atom. The maximum Gasteiger partial charge on any atom is 0.123 e. The van der Waals surface area contributed by atoms with Crippen LogP contribution in [0.1, 0.15) is 31.9 Å². The molecular formula is C15H22FNO2. The molecular weight excluding hydrogens is 245 g/mol. The summed E-state index contributed by atoms with van der Waals surface area (Å²) in [4.78, 5) is 0. The highest BCUT2D eigenvalue weighted by Gasteiger charge is 2.33. The third-order valence-corrected chi connectivity index (χ3v) is 3.81. The summed E-state index contributed by atoms with van der Waals surface area (Å²) in [5, 5.41) is 3.45. The summed E-state index contributed by atoms with van der Waals surface area (Å²) in [6, 6.07) is 4.75. The standard InChI is InChI=1S/C15H22FNO2/c1-4-17-15(12-7-8-19-10(12)2)13-9-11(16)5-6-14(13)18-3/h5-6,9-10,12,15,17H,4,7-8H2,1-3H3. The Bertz CT molecular complexity index is 425. The molecule has 2 rings (SSSR count). The Morgan fingerprint density at radius 2 is 2.32 bits per heavy atom. The van der Waals surface area contributed by atoms with E-state index in [1.54, 1.807) is 19.2 Å². The first-order chi connectivity index (χ1) is 9.17. The summed E-state index contributed by atoms with van der Waals surface area (Å²) < 4.78 is 24.6. The predicted molar refractivity (Wildman–Crippen MR) is 72.9 cm³/mol. The molecule has 1 aliphatic heterocycles. The fraction of sp³-hybridized carbons (Fsp3) is 0.600. The van der Waals surface area contributed by atoms with Crippen LogP contribution in [0.4, 0.5) is 4.39 Å². The lowest BCUT2D eigenvalue weighted by molar-refractivity contribution is 0.0952. The van der Waals surface area contributed by atoms with E-state index in [1.165, 1.54) is 6.07 Å². The van der Waals surface area contributed by atoms with Crippen molar-refractivity contribution in [1.29, 1.82) is 0 Å². The molecule has 1 heterocycles. The van der Waals surface area contributed by atoms with Crippen LogP contribution in [0.15, 0.2) is 18.2 Å². The van der Waals surface area contributed by atoms with Crippen molar-refractivity contribution in [2.75, 3.05) is 20.3 Å². The van der Waals surface area contributed by atoms with Gasteiger partial charge in [0.05, 0.1) is 13.2 Å². The van der Waals surface area contributed by atoms with Crippen LogP contribution in [-0.2, 0) is 4.74 Å². The maximum atomic E-state index is 13.6. The molecule has 0 aromatic heterocycles. The average Bonchev–Trinajstić information content (AvgIpc) is 2.82. The Hall–Kier alpha value is -1.13. The topological polar surface area (TPSA) is 30.5 Å². The number of hydrogen-bond donors (Lipinski definition) is 1. The first-order valence-electron chi connectivity index (χ1n) is 6.85.